The van der Waals surface area contributed by atoms with Gasteiger partial charge in [0.05, 0.1) is 11.4 Å². The number of anilines is 2. The van der Waals surface area contributed by atoms with Crippen molar-refractivity contribution >= 4 is 35.2 Å². The van der Waals surface area contributed by atoms with Crippen molar-refractivity contribution in [1.29, 1.82) is 0 Å². The monoisotopic (exact) mass is 370 g/mol. The lowest BCUT2D eigenvalue weighted by molar-refractivity contribution is 1.13. The van der Waals surface area contributed by atoms with Crippen LogP contribution >= 0.6 is 0 Å². The zero-order valence-corrected chi connectivity index (χ0v) is 16.9. The van der Waals surface area contributed by atoms with Crippen LogP contribution in [0, 0.1) is 0 Å². The molecule has 0 spiro atoms. The Morgan fingerprint density at radius 3 is 1.11 bits per heavy atom. The highest BCUT2D eigenvalue weighted by molar-refractivity contribution is 5.84. The van der Waals surface area contributed by atoms with Crippen molar-refractivity contribution in [2.75, 3.05) is 38.0 Å². The first-order valence-corrected chi connectivity index (χ1v) is 9.24. The van der Waals surface area contributed by atoms with Crippen LogP contribution in [0.2, 0.25) is 0 Å². The standard InChI is InChI=1S/C24H26N4/c1-27(2)23-13-5-19(6-14-23)17-25-21-9-11-22(12-10-21)26-18-20-7-15-24(16-8-20)28(3)4/h5-18H,1-4H3. The molecule has 4 heteroatoms. The van der Waals surface area contributed by atoms with Gasteiger partial charge in [0.15, 0.2) is 0 Å². The second-order valence-electron chi connectivity index (χ2n) is 7.00. The third-order valence-corrected chi connectivity index (χ3v) is 4.39. The van der Waals surface area contributed by atoms with Crippen LogP contribution in [0.4, 0.5) is 22.7 Å². The minimum atomic E-state index is 0.908. The molecule has 142 valence electrons. The van der Waals surface area contributed by atoms with E-state index in [0.717, 1.165) is 22.5 Å². The Kier molecular flexibility index (Phi) is 6.22. The Hall–Kier alpha value is -3.40. The number of benzene rings is 3. The van der Waals surface area contributed by atoms with Gasteiger partial charge in [-0.2, -0.15) is 0 Å². The van der Waals surface area contributed by atoms with Gasteiger partial charge in [-0.15, -0.1) is 0 Å². The highest BCUT2D eigenvalue weighted by Crippen LogP contribution is 2.19. The molecule has 0 saturated carbocycles. The molecule has 3 rings (SSSR count). The van der Waals surface area contributed by atoms with Crippen LogP contribution in [0.3, 0.4) is 0 Å². The van der Waals surface area contributed by atoms with Gasteiger partial charge in [-0.1, -0.05) is 24.3 Å². The second kappa shape index (κ2) is 9.00. The van der Waals surface area contributed by atoms with E-state index in [9.17, 15) is 0 Å². The first-order chi connectivity index (χ1) is 13.5. The van der Waals surface area contributed by atoms with Crippen LogP contribution in [0.15, 0.2) is 82.8 Å². The largest absolute Gasteiger partial charge is 0.378 e. The van der Waals surface area contributed by atoms with E-state index in [1.165, 1.54) is 11.4 Å². The fourth-order valence-corrected chi connectivity index (χ4v) is 2.64. The van der Waals surface area contributed by atoms with E-state index in [0.29, 0.717) is 0 Å². The predicted molar refractivity (Wildman–Crippen MR) is 122 cm³/mol. The van der Waals surface area contributed by atoms with Crippen molar-refractivity contribution in [3.05, 3.63) is 83.9 Å². The van der Waals surface area contributed by atoms with Crippen molar-refractivity contribution in [2.24, 2.45) is 9.98 Å². The predicted octanol–water partition coefficient (Wildman–Crippen LogP) is 5.32. The lowest BCUT2D eigenvalue weighted by Gasteiger charge is -2.11. The van der Waals surface area contributed by atoms with Gasteiger partial charge < -0.3 is 9.80 Å². The lowest BCUT2D eigenvalue weighted by Crippen LogP contribution is -2.08. The third kappa shape index (κ3) is 5.30. The van der Waals surface area contributed by atoms with Crippen LogP contribution < -0.4 is 9.80 Å². The molecule has 0 atom stereocenters. The molecular formula is C24H26N4. The Balaban J connectivity index is 1.62. The number of aliphatic imine (C=N–C) groups is 2. The molecular weight excluding hydrogens is 344 g/mol. The highest BCUT2D eigenvalue weighted by atomic mass is 15.1. The highest BCUT2D eigenvalue weighted by Gasteiger charge is 1.96. The summed E-state index contributed by atoms with van der Waals surface area (Å²) in [5, 5.41) is 0. The topological polar surface area (TPSA) is 31.2 Å². The molecule has 0 fully saturated rings. The van der Waals surface area contributed by atoms with Gasteiger partial charge in [0.1, 0.15) is 0 Å². The molecule has 0 amide bonds. The molecule has 0 bridgehead atoms. The van der Waals surface area contributed by atoms with Gasteiger partial charge in [-0.05, 0) is 59.7 Å². The summed E-state index contributed by atoms with van der Waals surface area (Å²) in [6.07, 6.45) is 3.76. The van der Waals surface area contributed by atoms with Gasteiger partial charge in [-0.25, -0.2) is 0 Å². The quantitative estimate of drug-likeness (QED) is 0.550. The van der Waals surface area contributed by atoms with E-state index in [1.54, 1.807) is 0 Å². The zero-order chi connectivity index (χ0) is 19.9. The molecule has 0 N–H and O–H groups in total. The number of hydrogen-bond acceptors (Lipinski definition) is 4. The van der Waals surface area contributed by atoms with E-state index in [4.69, 9.17) is 0 Å². The van der Waals surface area contributed by atoms with Gasteiger partial charge in [0, 0.05) is 52.0 Å². The van der Waals surface area contributed by atoms with Gasteiger partial charge >= 0.3 is 0 Å². The van der Waals surface area contributed by atoms with Crippen LogP contribution in [-0.4, -0.2) is 40.6 Å². The first kappa shape index (κ1) is 19.4. The molecule has 0 heterocycles. The molecule has 3 aromatic rings. The summed E-state index contributed by atoms with van der Waals surface area (Å²) in [5.74, 6) is 0. The Bertz CT molecular complexity index is 855. The summed E-state index contributed by atoms with van der Waals surface area (Å²) >= 11 is 0. The second-order valence-corrected chi connectivity index (χ2v) is 7.00. The van der Waals surface area contributed by atoms with Crippen LogP contribution in [0.1, 0.15) is 11.1 Å². The van der Waals surface area contributed by atoms with Crippen molar-refractivity contribution in [3.63, 3.8) is 0 Å². The Morgan fingerprint density at radius 2 is 0.821 bits per heavy atom. The number of nitrogens with zero attached hydrogens (tertiary/aromatic N) is 4. The molecule has 0 radical (unpaired) electrons. The van der Waals surface area contributed by atoms with Gasteiger partial charge in [-0.3, -0.25) is 9.98 Å². The van der Waals surface area contributed by atoms with Crippen molar-refractivity contribution < 1.29 is 0 Å². The van der Waals surface area contributed by atoms with E-state index >= 15 is 0 Å². The van der Waals surface area contributed by atoms with E-state index in [2.05, 4.69) is 68.3 Å². The average Bonchev–Trinajstić information content (AvgIpc) is 2.72. The van der Waals surface area contributed by atoms with E-state index in [-0.39, 0.29) is 0 Å². The molecule has 0 aliphatic heterocycles. The maximum Gasteiger partial charge on any atom is 0.0631 e. The summed E-state index contributed by atoms with van der Waals surface area (Å²) in [7, 11) is 8.13. The first-order valence-electron chi connectivity index (χ1n) is 9.24. The van der Waals surface area contributed by atoms with E-state index in [1.807, 2.05) is 64.9 Å². The minimum Gasteiger partial charge on any atom is -0.378 e. The maximum atomic E-state index is 4.54. The molecule has 4 nitrogen and oxygen atoms in total. The fourth-order valence-electron chi connectivity index (χ4n) is 2.64. The molecule has 0 aliphatic carbocycles. The van der Waals surface area contributed by atoms with Crippen LogP contribution in [0.25, 0.3) is 0 Å². The summed E-state index contributed by atoms with van der Waals surface area (Å²) in [6.45, 7) is 0. The summed E-state index contributed by atoms with van der Waals surface area (Å²) in [4.78, 5) is 13.2. The molecule has 0 aromatic heterocycles. The van der Waals surface area contributed by atoms with Crippen molar-refractivity contribution in [3.8, 4) is 0 Å². The SMILES string of the molecule is CN(C)c1ccc(C=Nc2ccc(N=Cc3ccc(N(C)C)cc3)cc2)cc1. The maximum absolute atomic E-state index is 4.54. The summed E-state index contributed by atoms with van der Waals surface area (Å²) in [6, 6.07) is 24.5. The van der Waals surface area contributed by atoms with Gasteiger partial charge in [0.25, 0.3) is 0 Å². The number of rotatable bonds is 6. The normalized spacial score (nSPS) is 11.3. The van der Waals surface area contributed by atoms with Crippen molar-refractivity contribution in [2.45, 2.75) is 0 Å². The van der Waals surface area contributed by atoms with E-state index < -0.39 is 0 Å². The smallest absolute Gasteiger partial charge is 0.0631 e. The molecule has 0 saturated heterocycles. The zero-order valence-electron chi connectivity index (χ0n) is 16.9. The van der Waals surface area contributed by atoms with Crippen molar-refractivity contribution in [1.82, 2.24) is 0 Å². The summed E-state index contributed by atoms with van der Waals surface area (Å²) in [5.41, 5.74) is 6.33. The van der Waals surface area contributed by atoms with Crippen LogP contribution in [0.5, 0.6) is 0 Å². The average molecular weight is 371 g/mol. The van der Waals surface area contributed by atoms with Gasteiger partial charge in [0.2, 0.25) is 0 Å². The Labute approximate surface area is 167 Å². The summed E-state index contributed by atoms with van der Waals surface area (Å²) < 4.78 is 0. The lowest BCUT2D eigenvalue weighted by atomic mass is 10.2. The molecule has 0 aliphatic rings. The minimum absolute atomic E-state index is 0.908. The fraction of sp³-hybridized carbons (Fsp3) is 0.167. The molecule has 3 aromatic carbocycles. The molecule has 28 heavy (non-hydrogen) atoms. The third-order valence-electron chi connectivity index (χ3n) is 4.39. The Morgan fingerprint density at radius 1 is 0.500 bits per heavy atom. The number of hydrogen-bond donors (Lipinski definition) is 0. The molecule has 0 unspecified atom stereocenters. The van der Waals surface area contributed by atoms with Crippen LogP contribution in [-0.2, 0) is 0 Å².